The quantitative estimate of drug-likeness (QED) is 0.491. The van der Waals surface area contributed by atoms with Gasteiger partial charge in [-0.1, -0.05) is 0 Å². The summed E-state index contributed by atoms with van der Waals surface area (Å²) in [5.74, 6) is -1.22. The highest BCUT2D eigenvalue weighted by molar-refractivity contribution is 6.07. The smallest absolute Gasteiger partial charge is 0.329 e. The van der Waals surface area contributed by atoms with E-state index in [0.29, 0.717) is 0 Å². The Labute approximate surface area is 163 Å². The molecule has 0 aliphatic carbocycles. The average Bonchev–Trinajstić information content (AvgIpc) is 2.80. The van der Waals surface area contributed by atoms with Crippen LogP contribution in [0.4, 0.5) is 9.59 Å². The van der Waals surface area contributed by atoms with Gasteiger partial charge in [-0.05, 0) is 41.5 Å². The zero-order chi connectivity index (χ0) is 21.8. The summed E-state index contributed by atoms with van der Waals surface area (Å²) in [4.78, 5) is 53.6. The normalized spacial score (nSPS) is 25.0. The molecule has 28 heavy (non-hydrogen) atoms. The first-order valence-electron chi connectivity index (χ1n) is 9.00. The van der Waals surface area contributed by atoms with Crippen molar-refractivity contribution in [2.45, 2.75) is 71.2 Å². The average molecular weight is 400 g/mol. The van der Waals surface area contributed by atoms with Crippen LogP contribution in [0.15, 0.2) is 0 Å². The molecule has 2 saturated heterocycles. The molecule has 0 aromatic carbocycles. The summed E-state index contributed by atoms with van der Waals surface area (Å²) >= 11 is 0. The molecule has 2 unspecified atom stereocenters. The van der Waals surface area contributed by atoms with Gasteiger partial charge in [0.25, 0.3) is 11.8 Å². The van der Waals surface area contributed by atoms with Gasteiger partial charge >= 0.3 is 12.1 Å². The van der Waals surface area contributed by atoms with Gasteiger partial charge in [-0.2, -0.15) is 0 Å². The van der Waals surface area contributed by atoms with Gasteiger partial charge in [-0.3, -0.25) is 29.2 Å². The molecule has 0 bridgehead atoms. The maximum absolute atomic E-state index is 12.6. The van der Waals surface area contributed by atoms with Gasteiger partial charge in [0.1, 0.15) is 23.5 Å². The molecule has 6 amide bonds. The van der Waals surface area contributed by atoms with Crippen molar-refractivity contribution in [1.29, 1.82) is 0 Å². The summed E-state index contributed by atoms with van der Waals surface area (Å²) in [7, 11) is 0. The first kappa shape index (κ1) is 22.1. The Balaban J connectivity index is 2.16. The molecule has 0 spiro atoms. The molecule has 2 atom stereocenters. The fourth-order valence-corrected chi connectivity index (χ4v) is 3.83. The van der Waals surface area contributed by atoms with Gasteiger partial charge in [-0.15, -0.1) is 0 Å². The lowest BCUT2D eigenvalue weighted by atomic mass is 10.0. The van der Waals surface area contributed by atoms with E-state index in [1.165, 1.54) is 41.5 Å². The summed E-state index contributed by atoms with van der Waals surface area (Å²) in [5.41, 5.74) is -2.59. The molecule has 2 heterocycles. The number of aliphatic hydroxyl groups is 3. The lowest BCUT2D eigenvalue weighted by Gasteiger charge is -2.30. The van der Waals surface area contributed by atoms with Crippen LogP contribution in [0, 0.1) is 0 Å². The Morgan fingerprint density at radius 3 is 1.21 bits per heavy atom. The van der Waals surface area contributed by atoms with E-state index in [-0.39, 0.29) is 0 Å². The second-order valence-electron chi connectivity index (χ2n) is 8.17. The third-order valence-electron chi connectivity index (χ3n) is 5.15. The van der Waals surface area contributed by atoms with Gasteiger partial charge in [0.15, 0.2) is 0 Å². The Kier molecular flexibility index (Phi) is 5.50. The van der Waals surface area contributed by atoms with Gasteiger partial charge in [0, 0.05) is 0 Å². The highest BCUT2D eigenvalue weighted by Gasteiger charge is 2.55. The largest absolute Gasteiger partial charge is 0.389 e. The molecule has 11 nitrogen and oxygen atoms in total. The van der Waals surface area contributed by atoms with Gasteiger partial charge in [-0.25, -0.2) is 9.59 Å². The Morgan fingerprint density at radius 2 is 1.00 bits per heavy atom. The summed E-state index contributed by atoms with van der Waals surface area (Å²) in [6.07, 6.45) is -3.82. The van der Waals surface area contributed by atoms with Crippen molar-refractivity contribution in [2.24, 2.45) is 0 Å². The van der Waals surface area contributed by atoms with Crippen molar-refractivity contribution in [1.82, 2.24) is 19.6 Å². The van der Waals surface area contributed by atoms with E-state index < -0.39 is 66.6 Å². The predicted octanol–water partition coefficient (Wildman–Crippen LogP) is -0.890. The number of nitrogens with zero attached hydrogens (tertiary/aromatic N) is 4. The number of hydrogen-bond donors (Lipinski definition) is 3. The third-order valence-corrected chi connectivity index (χ3v) is 5.15. The number of hydrogen-bond acceptors (Lipinski definition) is 7. The summed E-state index contributed by atoms with van der Waals surface area (Å²) < 4.78 is 0. The van der Waals surface area contributed by atoms with Crippen LogP contribution in [0.1, 0.15) is 41.5 Å². The first-order chi connectivity index (χ1) is 12.7. The predicted molar refractivity (Wildman–Crippen MR) is 95.4 cm³/mol. The molecule has 11 heteroatoms. The van der Waals surface area contributed by atoms with Gasteiger partial charge < -0.3 is 15.3 Å². The highest BCUT2D eigenvalue weighted by Crippen LogP contribution is 2.31. The van der Waals surface area contributed by atoms with Crippen LogP contribution < -0.4 is 0 Å². The molecule has 2 fully saturated rings. The number of carbonyl (C=O) groups is 4. The summed E-state index contributed by atoms with van der Waals surface area (Å²) in [6.45, 7) is 7.70. The number of amides is 6. The van der Waals surface area contributed by atoms with E-state index >= 15 is 0 Å². The van der Waals surface area contributed by atoms with Crippen molar-refractivity contribution in [2.75, 3.05) is 13.1 Å². The molecular formula is C17H28N4O7. The van der Waals surface area contributed by atoms with Crippen LogP contribution in [0.25, 0.3) is 0 Å². The number of β-amino-alcohol motifs (C(OH)–C–C–N with tert-alkyl or cyclic N) is 1. The molecule has 0 aromatic heterocycles. The van der Waals surface area contributed by atoms with Gasteiger partial charge in [0.2, 0.25) is 0 Å². The lowest BCUT2D eigenvalue weighted by Crippen LogP contribution is -2.48. The molecule has 0 aromatic rings. The van der Waals surface area contributed by atoms with Crippen LogP contribution in [0.2, 0.25) is 0 Å². The monoisotopic (exact) mass is 400 g/mol. The Morgan fingerprint density at radius 1 is 0.714 bits per heavy atom. The molecule has 0 radical (unpaired) electrons. The summed E-state index contributed by atoms with van der Waals surface area (Å²) in [6, 6.07) is -1.54. The number of imide groups is 2. The number of rotatable bonds is 6. The maximum atomic E-state index is 12.6. The number of carbonyl (C=O) groups excluding carboxylic acids is 4. The first-order valence-corrected chi connectivity index (χ1v) is 9.00. The van der Waals surface area contributed by atoms with E-state index in [4.69, 9.17) is 0 Å². The van der Waals surface area contributed by atoms with E-state index in [1.54, 1.807) is 0 Å². The third kappa shape index (κ3) is 3.23. The molecular weight excluding hydrogens is 372 g/mol. The zero-order valence-corrected chi connectivity index (χ0v) is 16.9. The van der Waals surface area contributed by atoms with Crippen LogP contribution in [0.3, 0.4) is 0 Å². The van der Waals surface area contributed by atoms with Crippen molar-refractivity contribution < 1.29 is 34.5 Å². The minimum absolute atomic E-state index is 0.448. The van der Waals surface area contributed by atoms with Crippen molar-refractivity contribution in [3.05, 3.63) is 0 Å². The molecule has 2 aliphatic rings. The lowest BCUT2D eigenvalue weighted by molar-refractivity contribution is -0.135. The molecule has 2 rings (SSSR count). The van der Waals surface area contributed by atoms with Crippen LogP contribution in [-0.4, -0.2) is 102 Å². The SMILES string of the molecule is CC(O)N1C(=O)N(CC(O)CN2C(=O)N(C(C)O)C(C)(C)C2=O)C(=O)C1(C)C. The van der Waals surface area contributed by atoms with E-state index in [1.807, 2.05) is 0 Å². The van der Waals surface area contributed by atoms with Crippen LogP contribution in [0.5, 0.6) is 0 Å². The second kappa shape index (κ2) is 6.98. The molecule has 3 N–H and O–H groups in total. The zero-order valence-electron chi connectivity index (χ0n) is 16.9. The van der Waals surface area contributed by atoms with Crippen LogP contribution >= 0.6 is 0 Å². The van der Waals surface area contributed by atoms with Crippen molar-refractivity contribution in [3.8, 4) is 0 Å². The topological polar surface area (TPSA) is 142 Å². The highest BCUT2D eigenvalue weighted by atomic mass is 16.3. The van der Waals surface area contributed by atoms with E-state index in [9.17, 15) is 34.5 Å². The Bertz CT molecular complexity index is 646. The Hall–Kier alpha value is -2.24. The number of aliphatic hydroxyl groups excluding tert-OH is 3. The fourth-order valence-electron chi connectivity index (χ4n) is 3.83. The minimum atomic E-state index is -1.39. The fraction of sp³-hybridized carbons (Fsp3) is 0.765. The van der Waals surface area contributed by atoms with Crippen molar-refractivity contribution in [3.63, 3.8) is 0 Å². The van der Waals surface area contributed by atoms with Crippen LogP contribution in [-0.2, 0) is 9.59 Å². The van der Waals surface area contributed by atoms with E-state index in [2.05, 4.69) is 0 Å². The van der Waals surface area contributed by atoms with E-state index in [0.717, 1.165) is 19.6 Å². The van der Waals surface area contributed by atoms with Gasteiger partial charge in [0.05, 0.1) is 19.2 Å². The minimum Gasteiger partial charge on any atom is -0.389 e. The molecule has 2 aliphatic heterocycles. The standard InChI is InChI=1S/C17H28N4O7/c1-9(22)20-14(27)18(12(25)16(20,3)4)7-11(24)8-19-13(26)17(5,6)21(10(2)23)15(19)28/h9-11,22-24H,7-8H2,1-6H3. The number of urea groups is 2. The van der Waals surface area contributed by atoms with Crippen molar-refractivity contribution >= 4 is 23.9 Å². The maximum Gasteiger partial charge on any atom is 0.329 e. The second-order valence-corrected chi connectivity index (χ2v) is 8.17. The summed E-state index contributed by atoms with van der Waals surface area (Å²) in [5, 5.41) is 30.0. The molecule has 158 valence electrons. The molecule has 0 saturated carbocycles.